The van der Waals surface area contributed by atoms with Gasteiger partial charge in [0.25, 0.3) is 11.5 Å². The zero-order chi connectivity index (χ0) is 24.2. The number of furan rings is 1. The van der Waals surface area contributed by atoms with E-state index in [9.17, 15) is 14.4 Å². The lowest BCUT2D eigenvalue weighted by atomic mass is 10.2. The van der Waals surface area contributed by atoms with Crippen molar-refractivity contribution >= 4 is 17.4 Å². The molecule has 10 heteroatoms. The number of nitrogens with two attached hydrogens (primary N) is 1. The summed E-state index contributed by atoms with van der Waals surface area (Å²) in [5, 5.41) is 4.37. The maximum absolute atomic E-state index is 13.8. The van der Waals surface area contributed by atoms with Crippen LogP contribution in [0.5, 0.6) is 0 Å². The predicted molar refractivity (Wildman–Crippen MR) is 128 cm³/mol. The Morgan fingerprint density at radius 2 is 1.94 bits per heavy atom. The highest BCUT2D eigenvalue weighted by Gasteiger charge is 2.28. The number of aromatic nitrogens is 4. The van der Waals surface area contributed by atoms with Crippen LogP contribution in [0.4, 0.5) is 11.5 Å². The van der Waals surface area contributed by atoms with Crippen LogP contribution in [0.15, 0.2) is 68.9 Å². The van der Waals surface area contributed by atoms with E-state index in [0.717, 1.165) is 12.1 Å². The second-order valence-electron chi connectivity index (χ2n) is 7.86. The molecule has 0 radical (unpaired) electrons. The number of anilines is 2. The molecule has 0 aliphatic carbocycles. The van der Waals surface area contributed by atoms with Gasteiger partial charge >= 0.3 is 5.69 Å². The number of carbonyl (C=O) groups excluding carboxylic acids is 1. The minimum Gasteiger partial charge on any atom is -0.467 e. The first-order valence-corrected chi connectivity index (χ1v) is 11.0. The molecule has 4 rings (SSSR count). The molecule has 10 nitrogen and oxygen atoms in total. The molecule has 0 spiro atoms. The SMILES string of the molecule is CCCCn1c(N)c(N(Cc2ccco2)C(=O)c2cnn(-c3ccccc3)c2C)c(=O)[nH]c1=O. The van der Waals surface area contributed by atoms with E-state index in [1.54, 1.807) is 23.7 Å². The number of para-hydroxylation sites is 1. The van der Waals surface area contributed by atoms with Gasteiger partial charge in [0, 0.05) is 6.54 Å². The molecule has 0 aliphatic rings. The summed E-state index contributed by atoms with van der Waals surface area (Å²) < 4.78 is 8.37. The van der Waals surface area contributed by atoms with Gasteiger partial charge < -0.3 is 10.2 Å². The number of amides is 1. The molecule has 176 valence electrons. The van der Waals surface area contributed by atoms with Crippen LogP contribution in [0, 0.1) is 6.92 Å². The number of hydrogen-bond acceptors (Lipinski definition) is 6. The highest BCUT2D eigenvalue weighted by molar-refractivity contribution is 6.07. The Balaban J connectivity index is 1.83. The number of unbranched alkanes of at least 4 members (excludes halogenated alkanes) is 1. The lowest BCUT2D eigenvalue weighted by molar-refractivity contribution is 0.0982. The normalized spacial score (nSPS) is 11.0. The molecular weight excluding hydrogens is 436 g/mol. The number of carbonyl (C=O) groups is 1. The van der Waals surface area contributed by atoms with E-state index in [1.165, 1.54) is 21.9 Å². The molecule has 0 saturated heterocycles. The van der Waals surface area contributed by atoms with E-state index in [-0.39, 0.29) is 18.1 Å². The van der Waals surface area contributed by atoms with E-state index in [0.29, 0.717) is 30.0 Å². The molecule has 4 aromatic rings. The number of nitrogens with zero attached hydrogens (tertiary/aromatic N) is 4. The van der Waals surface area contributed by atoms with Crippen LogP contribution in [-0.2, 0) is 13.1 Å². The van der Waals surface area contributed by atoms with Crippen molar-refractivity contribution in [2.75, 3.05) is 10.6 Å². The molecule has 0 bridgehead atoms. The smallest absolute Gasteiger partial charge is 0.330 e. The van der Waals surface area contributed by atoms with Crippen molar-refractivity contribution < 1.29 is 9.21 Å². The van der Waals surface area contributed by atoms with E-state index >= 15 is 0 Å². The largest absolute Gasteiger partial charge is 0.467 e. The van der Waals surface area contributed by atoms with Crippen molar-refractivity contribution in [1.82, 2.24) is 19.3 Å². The highest BCUT2D eigenvalue weighted by atomic mass is 16.3. The third-order valence-electron chi connectivity index (χ3n) is 5.60. The lowest BCUT2D eigenvalue weighted by Gasteiger charge is -2.23. The van der Waals surface area contributed by atoms with Gasteiger partial charge in [-0.25, -0.2) is 9.48 Å². The zero-order valence-electron chi connectivity index (χ0n) is 19.0. The first-order chi connectivity index (χ1) is 16.4. The van der Waals surface area contributed by atoms with Gasteiger partial charge in [0.05, 0.1) is 35.9 Å². The Kier molecular flexibility index (Phi) is 6.48. The monoisotopic (exact) mass is 462 g/mol. The average Bonchev–Trinajstić information content (AvgIpc) is 3.48. The third kappa shape index (κ3) is 4.29. The summed E-state index contributed by atoms with van der Waals surface area (Å²) in [7, 11) is 0. The molecule has 1 aromatic carbocycles. The fraction of sp³-hybridized carbons (Fsp3) is 0.250. The van der Waals surface area contributed by atoms with Crippen LogP contribution in [0.25, 0.3) is 5.69 Å². The maximum Gasteiger partial charge on any atom is 0.330 e. The number of benzene rings is 1. The second-order valence-corrected chi connectivity index (χ2v) is 7.86. The number of hydrogen-bond donors (Lipinski definition) is 2. The number of rotatable bonds is 8. The van der Waals surface area contributed by atoms with E-state index in [4.69, 9.17) is 10.2 Å². The molecule has 0 fully saturated rings. The summed E-state index contributed by atoms with van der Waals surface area (Å²) in [6, 6.07) is 12.8. The zero-order valence-corrected chi connectivity index (χ0v) is 19.0. The Morgan fingerprint density at radius 1 is 1.18 bits per heavy atom. The van der Waals surface area contributed by atoms with Gasteiger partial charge in [-0.2, -0.15) is 5.10 Å². The topological polar surface area (TPSA) is 132 Å². The summed E-state index contributed by atoms with van der Waals surface area (Å²) >= 11 is 0. The number of aromatic amines is 1. The molecule has 0 aliphatic heterocycles. The van der Waals surface area contributed by atoms with E-state index < -0.39 is 17.2 Å². The standard InChI is InChI=1S/C24H26N6O4/c1-3-4-12-28-21(25)20(22(31)27-24(28)33)29(15-18-11-8-13-34-18)23(32)19-14-26-30(16(19)2)17-9-6-5-7-10-17/h5-11,13-14H,3-4,12,15,25H2,1-2H3,(H,27,31,33). The van der Waals surface area contributed by atoms with Gasteiger partial charge in [0.1, 0.15) is 11.6 Å². The molecule has 34 heavy (non-hydrogen) atoms. The van der Waals surface area contributed by atoms with Crippen LogP contribution in [0.1, 0.15) is 41.6 Å². The van der Waals surface area contributed by atoms with Gasteiger partial charge in [-0.15, -0.1) is 0 Å². The van der Waals surface area contributed by atoms with Crippen LogP contribution in [0.2, 0.25) is 0 Å². The fourth-order valence-electron chi connectivity index (χ4n) is 3.78. The van der Waals surface area contributed by atoms with Crippen molar-refractivity contribution in [3.8, 4) is 5.69 Å². The van der Waals surface area contributed by atoms with Gasteiger partial charge in [0.15, 0.2) is 5.69 Å². The van der Waals surface area contributed by atoms with Crippen molar-refractivity contribution in [3.05, 3.63) is 92.8 Å². The maximum atomic E-state index is 13.8. The first-order valence-electron chi connectivity index (χ1n) is 11.0. The quantitative estimate of drug-likeness (QED) is 0.414. The summed E-state index contributed by atoms with van der Waals surface area (Å²) in [4.78, 5) is 42.6. The highest BCUT2D eigenvalue weighted by Crippen LogP contribution is 2.24. The fourth-order valence-corrected chi connectivity index (χ4v) is 3.78. The molecule has 0 atom stereocenters. The lowest BCUT2D eigenvalue weighted by Crippen LogP contribution is -2.41. The Hall–Kier alpha value is -4.34. The molecule has 0 saturated carbocycles. The Morgan fingerprint density at radius 3 is 2.62 bits per heavy atom. The molecule has 3 heterocycles. The van der Waals surface area contributed by atoms with Crippen LogP contribution in [0.3, 0.4) is 0 Å². The van der Waals surface area contributed by atoms with Gasteiger partial charge in [-0.1, -0.05) is 31.5 Å². The molecule has 3 aromatic heterocycles. The number of H-pyrrole nitrogens is 1. The van der Waals surface area contributed by atoms with Crippen LogP contribution in [-0.4, -0.2) is 25.2 Å². The Bertz CT molecular complexity index is 1400. The molecule has 0 unspecified atom stereocenters. The second kappa shape index (κ2) is 9.65. The summed E-state index contributed by atoms with van der Waals surface area (Å²) in [6.45, 7) is 4.02. The third-order valence-corrected chi connectivity index (χ3v) is 5.60. The number of nitrogen functional groups attached to an aromatic ring is 1. The average molecular weight is 463 g/mol. The minimum absolute atomic E-state index is 0.0545. The summed E-state index contributed by atoms with van der Waals surface area (Å²) in [5.41, 5.74) is 6.51. The van der Waals surface area contributed by atoms with Crippen molar-refractivity contribution in [2.45, 2.75) is 39.8 Å². The number of nitrogens with one attached hydrogen (secondary N) is 1. The van der Waals surface area contributed by atoms with Gasteiger partial charge in [-0.05, 0) is 37.6 Å². The van der Waals surface area contributed by atoms with Crippen molar-refractivity contribution in [2.24, 2.45) is 0 Å². The van der Waals surface area contributed by atoms with Gasteiger partial charge in [0.2, 0.25) is 0 Å². The Labute approximate surface area is 195 Å². The summed E-state index contributed by atoms with van der Waals surface area (Å²) in [6.07, 6.45) is 4.45. The van der Waals surface area contributed by atoms with Crippen molar-refractivity contribution in [3.63, 3.8) is 0 Å². The van der Waals surface area contributed by atoms with Gasteiger partial charge in [-0.3, -0.25) is 24.0 Å². The van der Waals surface area contributed by atoms with E-state index in [2.05, 4.69) is 10.1 Å². The van der Waals surface area contributed by atoms with E-state index in [1.807, 2.05) is 37.3 Å². The molecule has 3 N–H and O–H groups in total. The van der Waals surface area contributed by atoms with Crippen LogP contribution < -0.4 is 21.9 Å². The minimum atomic E-state index is -0.747. The van der Waals surface area contributed by atoms with Crippen molar-refractivity contribution in [1.29, 1.82) is 0 Å². The first kappa shape index (κ1) is 22.8. The molecular formula is C24H26N6O4. The van der Waals surface area contributed by atoms with Crippen LogP contribution >= 0.6 is 0 Å². The predicted octanol–water partition coefficient (Wildman–Crippen LogP) is 2.85. The molecule has 1 amide bonds. The summed E-state index contributed by atoms with van der Waals surface area (Å²) in [5.74, 6) is -0.115.